The van der Waals surface area contributed by atoms with Gasteiger partial charge < -0.3 is 10.2 Å². The lowest BCUT2D eigenvalue weighted by molar-refractivity contribution is -0.692. The minimum atomic E-state index is -0.0582. The van der Waals surface area contributed by atoms with Gasteiger partial charge in [0, 0.05) is 17.4 Å². The Hall–Kier alpha value is -1.42. The average molecular weight is 278 g/mol. The molecule has 0 amide bonds. The summed E-state index contributed by atoms with van der Waals surface area (Å²) >= 11 is 1.69. The molecule has 0 atom stereocenters. The molecule has 2 aromatic rings. The van der Waals surface area contributed by atoms with Crippen LogP contribution in [0.15, 0.2) is 29.3 Å². The molecule has 0 aliphatic heterocycles. The Morgan fingerprint density at radius 2 is 1.84 bits per heavy atom. The predicted molar refractivity (Wildman–Crippen MR) is 78.9 cm³/mol. The van der Waals surface area contributed by atoms with Gasteiger partial charge in [0.25, 0.3) is 0 Å². The second kappa shape index (κ2) is 5.29. The van der Waals surface area contributed by atoms with Crippen LogP contribution < -0.4 is 4.57 Å². The third-order valence-electron chi connectivity index (χ3n) is 2.94. The van der Waals surface area contributed by atoms with Crippen LogP contribution in [0.5, 0.6) is 11.5 Å². The molecule has 0 spiro atoms. The number of aromatic hydroxyl groups is 2. The van der Waals surface area contributed by atoms with Crippen molar-refractivity contribution in [3.63, 3.8) is 0 Å². The summed E-state index contributed by atoms with van der Waals surface area (Å²) in [4.78, 5) is 0.995. The van der Waals surface area contributed by atoms with Gasteiger partial charge in [-0.1, -0.05) is 13.8 Å². The molecule has 2 rings (SSSR count). The van der Waals surface area contributed by atoms with E-state index >= 15 is 0 Å². The number of pyridine rings is 1. The fourth-order valence-corrected chi connectivity index (χ4v) is 3.16. The van der Waals surface area contributed by atoms with E-state index in [1.165, 1.54) is 0 Å². The van der Waals surface area contributed by atoms with Crippen LogP contribution in [0, 0.1) is 0 Å². The highest BCUT2D eigenvalue weighted by Crippen LogP contribution is 2.39. The molecule has 0 saturated heterocycles. The fraction of sp³-hybridized carbons (Fsp3) is 0.400. The molecule has 102 valence electrons. The van der Waals surface area contributed by atoms with Crippen molar-refractivity contribution in [3.8, 4) is 11.5 Å². The monoisotopic (exact) mass is 278 g/mol. The van der Waals surface area contributed by atoms with E-state index in [4.69, 9.17) is 0 Å². The maximum atomic E-state index is 10.1. The molecule has 2 N–H and O–H groups in total. The number of fused-ring (bicyclic) bond motifs is 1. The Balaban J connectivity index is 2.82. The molecule has 0 bridgehead atoms. The number of nitrogens with zero attached hydrogens (tertiary/aromatic N) is 1. The van der Waals surface area contributed by atoms with Gasteiger partial charge in [-0.15, -0.1) is 11.8 Å². The molecular formula is C15H20NO2S+. The topological polar surface area (TPSA) is 44.3 Å². The van der Waals surface area contributed by atoms with Crippen molar-refractivity contribution in [2.75, 3.05) is 0 Å². The molecule has 3 nitrogen and oxygen atoms in total. The van der Waals surface area contributed by atoms with Crippen molar-refractivity contribution in [1.82, 2.24) is 0 Å². The van der Waals surface area contributed by atoms with Crippen LogP contribution in [0.3, 0.4) is 0 Å². The summed E-state index contributed by atoms with van der Waals surface area (Å²) in [5.41, 5.74) is 0.978. The first-order valence-corrected chi connectivity index (χ1v) is 7.35. The van der Waals surface area contributed by atoms with Crippen LogP contribution in [0.2, 0.25) is 0 Å². The molecule has 1 aromatic heterocycles. The van der Waals surface area contributed by atoms with Gasteiger partial charge in [-0.2, -0.15) is 4.57 Å². The molecule has 0 unspecified atom stereocenters. The van der Waals surface area contributed by atoms with E-state index in [1.807, 2.05) is 18.3 Å². The van der Waals surface area contributed by atoms with Crippen molar-refractivity contribution >= 4 is 22.7 Å². The average Bonchev–Trinajstić information content (AvgIpc) is 2.34. The number of aromatic nitrogens is 1. The van der Waals surface area contributed by atoms with Gasteiger partial charge >= 0.3 is 0 Å². The van der Waals surface area contributed by atoms with Crippen molar-refractivity contribution in [2.45, 2.75) is 43.9 Å². The summed E-state index contributed by atoms with van der Waals surface area (Å²) in [6.07, 6.45) is 2.01. The largest absolute Gasteiger partial charge is 0.504 e. The normalized spacial score (nSPS) is 11.7. The number of rotatable bonds is 3. The standard InChI is InChI=1S/C15H19NO2S/c1-9(2)16-7-5-6-11-14(16)13(19-10(3)4)8-12(17)15(11)18/h5-10,17H,1-4H3/p+1. The summed E-state index contributed by atoms with van der Waals surface area (Å²) in [6, 6.07) is 5.68. The van der Waals surface area contributed by atoms with Crippen molar-refractivity contribution in [2.24, 2.45) is 0 Å². The van der Waals surface area contributed by atoms with Gasteiger partial charge in [-0.25, -0.2) is 0 Å². The van der Waals surface area contributed by atoms with E-state index in [0.717, 1.165) is 10.4 Å². The lowest BCUT2D eigenvalue weighted by Crippen LogP contribution is -2.36. The number of hydrogen-bond acceptors (Lipinski definition) is 3. The van der Waals surface area contributed by atoms with E-state index in [1.54, 1.807) is 17.8 Å². The summed E-state index contributed by atoms with van der Waals surface area (Å²) < 4.78 is 2.12. The summed E-state index contributed by atoms with van der Waals surface area (Å²) in [5, 5.41) is 21.0. The maximum Gasteiger partial charge on any atom is 0.230 e. The predicted octanol–water partition coefficient (Wildman–Crippen LogP) is 3.62. The zero-order chi connectivity index (χ0) is 14.2. The quantitative estimate of drug-likeness (QED) is 0.512. The highest BCUT2D eigenvalue weighted by atomic mass is 32.2. The van der Waals surface area contributed by atoms with Crippen molar-refractivity contribution < 1.29 is 14.8 Å². The minimum absolute atomic E-state index is 0.0434. The molecule has 0 aliphatic rings. The van der Waals surface area contributed by atoms with E-state index in [0.29, 0.717) is 16.7 Å². The molecule has 1 aromatic carbocycles. The number of benzene rings is 1. The van der Waals surface area contributed by atoms with Gasteiger partial charge in [-0.05, 0) is 19.9 Å². The Morgan fingerprint density at radius 3 is 2.42 bits per heavy atom. The molecule has 1 heterocycles. The molecular weight excluding hydrogens is 258 g/mol. The van der Waals surface area contributed by atoms with Crippen LogP contribution in [-0.2, 0) is 0 Å². The highest BCUT2D eigenvalue weighted by molar-refractivity contribution is 8.00. The fourth-order valence-electron chi connectivity index (χ4n) is 2.15. The Kier molecular flexibility index (Phi) is 3.90. The van der Waals surface area contributed by atoms with Crippen LogP contribution >= 0.6 is 11.8 Å². The molecule has 0 saturated carbocycles. The Morgan fingerprint density at radius 1 is 1.16 bits per heavy atom. The van der Waals surface area contributed by atoms with E-state index < -0.39 is 0 Å². The van der Waals surface area contributed by atoms with Crippen molar-refractivity contribution in [3.05, 3.63) is 24.4 Å². The summed E-state index contributed by atoms with van der Waals surface area (Å²) in [7, 11) is 0. The maximum absolute atomic E-state index is 10.1. The first-order valence-electron chi connectivity index (χ1n) is 6.47. The van der Waals surface area contributed by atoms with Crippen LogP contribution in [0.25, 0.3) is 10.9 Å². The third-order valence-corrected chi connectivity index (χ3v) is 3.98. The van der Waals surface area contributed by atoms with Crippen LogP contribution in [0.1, 0.15) is 33.7 Å². The highest BCUT2D eigenvalue weighted by Gasteiger charge is 2.22. The second-order valence-electron chi connectivity index (χ2n) is 5.18. The van der Waals surface area contributed by atoms with Gasteiger partial charge in [0.1, 0.15) is 0 Å². The van der Waals surface area contributed by atoms with Gasteiger partial charge in [0.15, 0.2) is 23.7 Å². The van der Waals surface area contributed by atoms with Gasteiger partial charge in [0.2, 0.25) is 5.52 Å². The van der Waals surface area contributed by atoms with E-state index in [9.17, 15) is 10.2 Å². The zero-order valence-corrected chi connectivity index (χ0v) is 12.5. The van der Waals surface area contributed by atoms with Crippen LogP contribution in [-0.4, -0.2) is 15.5 Å². The number of phenols is 2. The van der Waals surface area contributed by atoms with Gasteiger partial charge in [0.05, 0.1) is 10.3 Å². The Bertz CT molecular complexity index is 609. The minimum Gasteiger partial charge on any atom is -0.504 e. The molecule has 0 radical (unpaired) electrons. The lowest BCUT2D eigenvalue weighted by atomic mass is 10.1. The third kappa shape index (κ3) is 2.63. The molecule has 0 fully saturated rings. The second-order valence-corrected chi connectivity index (χ2v) is 6.80. The van der Waals surface area contributed by atoms with Crippen LogP contribution in [0.4, 0.5) is 0 Å². The first kappa shape index (κ1) is 14.0. The molecule has 0 aliphatic carbocycles. The number of phenolic OH excluding ortho intramolecular Hbond substituents is 2. The summed E-state index contributed by atoms with van der Waals surface area (Å²) in [5.74, 6) is -0.102. The SMILES string of the molecule is CC(C)Sc1cc(O)c(O)c2ccc[n+](C(C)C)c12. The zero-order valence-electron chi connectivity index (χ0n) is 11.7. The van der Waals surface area contributed by atoms with Crippen molar-refractivity contribution in [1.29, 1.82) is 0 Å². The molecule has 4 heteroatoms. The molecule has 19 heavy (non-hydrogen) atoms. The number of hydrogen-bond donors (Lipinski definition) is 2. The number of thioether (sulfide) groups is 1. The first-order chi connectivity index (χ1) is 8.91. The lowest BCUT2D eigenvalue weighted by Gasteiger charge is -2.12. The van der Waals surface area contributed by atoms with E-state index in [-0.39, 0.29) is 11.5 Å². The smallest absolute Gasteiger partial charge is 0.230 e. The van der Waals surface area contributed by atoms with E-state index in [2.05, 4.69) is 32.3 Å². The summed E-state index contributed by atoms with van der Waals surface area (Å²) in [6.45, 7) is 8.44. The Labute approximate surface area is 117 Å². The van der Waals surface area contributed by atoms with Gasteiger partial charge in [-0.3, -0.25) is 0 Å².